The Morgan fingerprint density at radius 1 is 1.38 bits per heavy atom. The van der Waals surface area contributed by atoms with Crippen LogP contribution in [0.4, 0.5) is 4.79 Å². The Bertz CT molecular complexity index is 561. The van der Waals surface area contributed by atoms with Crippen LogP contribution in [0.2, 0.25) is 0 Å². The lowest BCUT2D eigenvalue weighted by Gasteiger charge is -2.21. The van der Waals surface area contributed by atoms with Gasteiger partial charge in [0.1, 0.15) is 12.6 Å². The SMILES string of the molecule is C=CCOC(=O)N1C[C@H](NCCc2ccccc2)C[C@H]1C(=O)OC. The van der Waals surface area contributed by atoms with Crippen LogP contribution in [0, 0.1) is 0 Å². The van der Waals surface area contributed by atoms with Crippen LogP contribution in [-0.2, 0) is 20.7 Å². The smallest absolute Gasteiger partial charge is 0.410 e. The highest BCUT2D eigenvalue weighted by atomic mass is 16.6. The van der Waals surface area contributed by atoms with Crippen LogP contribution in [0.15, 0.2) is 43.0 Å². The summed E-state index contributed by atoms with van der Waals surface area (Å²) in [4.78, 5) is 25.4. The Balaban J connectivity index is 1.89. The van der Waals surface area contributed by atoms with Crippen molar-refractivity contribution >= 4 is 12.1 Å². The van der Waals surface area contributed by atoms with Crippen molar-refractivity contribution in [3.63, 3.8) is 0 Å². The minimum absolute atomic E-state index is 0.0362. The minimum Gasteiger partial charge on any atom is -0.467 e. The molecule has 1 fully saturated rings. The molecule has 1 aromatic carbocycles. The number of carbonyl (C=O) groups is 2. The van der Waals surface area contributed by atoms with Crippen LogP contribution >= 0.6 is 0 Å². The fourth-order valence-corrected chi connectivity index (χ4v) is 2.82. The molecule has 1 amide bonds. The van der Waals surface area contributed by atoms with Crippen molar-refractivity contribution in [1.82, 2.24) is 10.2 Å². The molecule has 1 heterocycles. The first-order chi connectivity index (χ1) is 11.7. The molecule has 130 valence electrons. The first-order valence-electron chi connectivity index (χ1n) is 8.05. The van der Waals surface area contributed by atoms with Crippen LogP contribution in [0.5, 0.6) is 0 Å². The van der Waals surface area contributed by atoms with Gasteiger partial charge in [0.15, 0.2) is 0 Å². The van der Waals surface area contributed by atoms with Gasteiger partial charge >= 0.3 is 12.1 Å². The zero-order chi connectivity index (χ0) is 17.4. The summed E-state index contributed by atoms with van der Waals surface area (Å²) in [6.45, 7) is 4.83. The number of carbonyl (C=O) groups excluding carboxylic acids is 2. The molecule has 0 aromatic heterocycles. The molecule has 24 heavy (non-hydrogen) atoms. The normalized spacial score (nSPS) is 19.8. The average Bonchev–Trinajstić information content (AvgIpc) is 3.04. The van der Waals surface area contributed by atoms with Crippen molar-refractivity contribution in [3.8, 4) is 0 Å². The summed E-state index contributed by atoms with van der Waals surface area (Å²) in [7, 11) is 1.33. The number of ether oxygens (including phenoxy) is 2. The van der Waals surface area contributed by atoms with Gasteiger partial charge in [-0.05, 0) is 24.9 Å². The van der Waals surface area contributed by atoms with E-state index in [9.17, 15) is 9.59 Å². The summed E-state index contributed by atoms with van der Waals surface area (Å²) >= 11 is 0. The average molecular weight is 332 g/mol. The Morgan fingerprint density at radius 3 is 2.79 bits per heavy atom. The third-order valence-electron chi connectivity index (χ3n) is 4.02. The number of nitrogens with one attached hydrogen (secondary N) is 1. The van der Waals surface area contributed by atoms with Gasteiger partial charge in [-0.3, -0.25) is 4.90 Å². The number of amides is 1. The fourth-order valence-electron chi connectivity index (χ4n) is 2.82. The molecule has 1 aliphatic rings. The van der Waals surface area contributed by atoms with E-state index in [0.29, 0.717) is 13.0 Å². The monoisotopic (exact) mass is 332 g/mol. The van der Waals surface area contributed by atoms with E-state index in [0.717, 1.165) is 13.0 Å². The maximum atomic E-state index is 12.1. The molecule has 1 aromatic rings. The van der Waals surface area contributed by atoms with Crippen LogP contribution in [0.1, 0.15) is 12.0 Å². The molecule has 0 saturated carbocycles. The first-order valence-corrected chi connectivity index (χ1v) is 8.05. The summed E-state index contributed by atoms with van der Waals surface area (Å²) < 4.78 is 9.86. The van der Waals surface area contributed by atoms with Gasteiger partial charge in [0, 0.05) is 12.6 Å². The number of nitrogens with zero attached hydrogens (tertiary/aromatic N) is 1. The summed E-state index contributed by atoms with van der Waals surface area (Å²) in [5.41, 5.74) is 1.25. The van der Waals surface area contributed by atoms with Crippen molar-refractivity contribution in [2.75, 3.05) is 26.8 Å². The van der Waals surface area contributed by atoms with Crippen LogP contribution in [0.3, 0.4) is 0 Å². The van der Waals surface area contributed by atoms with E-state index < -0.39 is 18.1 Å². The standard InChI is InChI=1S/C18H24N2O4/c1-3-11-24-18(22)20-13-15(12-16(20)17(21)23-2)19-10-9-14-7-5-4-6-8-14/h3-8,15-16,19H,1,9-13H2,2H3/t15-,16+/m1/s1. The second kappa shape index (κ2) is 9.08. The van der Waals surface area contributed by atoms with Crippen molar-refractivity contribution < 1.29 is 19.1 Å². The van der Waals surface area contributed by atoms with Crippen LogP contribution < -0.4 is 5.32 Å². The Labute approximate surface area is 142 Å². The maximum Gasteiger partial charge on any atom is 0.410 e. The first kappa shape index (κ1) is 18.0. The topological polar surface area (TPSA) is 67.9 Å². The number of hydrogen-bond acceptors (Lipinski definition) is 5. The van der Waals surface area contributed by atoms with Gasteiger partial charge in [-0.1, -0.05) is 43.0 Å². The van der Waals surface area contributed by atoms with E-state index in [-0.39, 0.29) is 12.6 Å². The Hall–Kier alpha value is -2.34. The summed E-state index contributed by atoms with van der Waals surface area (Å²) in [5.74, 6) is -0.419. The largest absolute Gasteiger partial charge is 0.467 e. The molecule has 6 nitrogen and oxygen atoms in total. The lowest BCUT2D eigenvalue weighted by Crippen LogP contribution is -2.42. The Morgan fingerprint density at radius 2 is 2.12 bits per heavy atom. The fraction of sp³-hybridized carbons (Fsp3) is 0.444. The van der Waals surface area contributed by atoms with E-state index in [1.807, 2.05) is 18.2 Å². The number of esters is 1. The number of rotatable bonds is 7. The van der Waals surface area contributed by atoms with Gasteiger partial charge in [-0.25, -0.2) is 9.59 Å². The van der Waals surface area contributed by atoms with Gasteiger partial charge in [0.2, 0.25) is 0 Å². The predicted molar refractivity (Wildman–Crippen MR) is 90.6 cm³/mol. The molecular weight excluding hydrogens is 308 g/mol. The third kappa shape index (κ3) is 4.83. The zero-order valence-electron chi connectivity index (χ0n) is 13.9. The molecule has 1 saturated heterocycles. The molecule has 0 aliphatic carbocycles. The molecule has 2 rings (SSSR count). The molecule has 2 atom stereocenters. The third-order valence-corrected chi connectivity index (χ3v) is 4.02. The minimum atomic E-state index is -0.610. The van der Waals surface area contributed by atoms with Crippen LogP contribution in [0.25, 0.3) is 0 Å². The number of hydrogen-bond donors (Lipinski definition) is 1. The molecule has 0 spiro atoms. The molecule has 6 heteroatoms. The Kier molecular flexibility index (Phi) is 6.81. The van der Waals surface area contributed by atoms with E-state index >= 15 is 0 Å². The second-order valence-electron chi connectivity index (χ2n) is 5.68. The molecule has 1 aliphatic heterocycles. The summed E-state index contributed by atoms with van der Waals surface area (Å²) in [5, 5.41) is 3.40. The molecule has 0 radical (unpaired) electrons. The quantitative estimate of drug-likeness (QED) is 0.609. The van der Waals surface area contributed by atoms with Gasteiger partial charge in [0.05, 0.1) is 7.11 Å². The highest BCUT2D eigenvalue weighted by Crippen LogP contribution is 2.20. The van der Waals surface area contributed by atoms with E-state index in [4.69, 9.17) is 9.47 Å². The van der Waals surface area contributed by atoms with Crippen molar-refractivity contribution in [1.29, 1.82) is 0 Å². The predicted octanol–water partition coefficient (Wildman–Crippen LogP) is 1.76. The van der Waals surface area contributed by atoms with Crippen LogP contribution in [-0.4, -0.2) is 55.9 Å². The molecule has 0 unspecified atom stereocenters. The van der Waals surface area contributed by atoms with E-state index in [1.54, 1.807) is 0 Å². The van der Waals surface area contributed by atoms with Crippen molar-refractivity contribution in [2.45, 2.75) is 24.9 Å². The highest BCUT2D eigenvalue weighted by molar-refractivity contribution is 5.82. The van der Waals surface area contributed by atoms with E-state index in [1.165, 1.54) is 23.6 Å². The van der Waals surface area contributed by atoms with E-state index in [2.05, 4.69) is 24.0 Å². The molecule has 0 bridgehead atoms. The van der Waals surface area contributed by atoms with Crippen molar-refractivity contribution in [2.24, 2.45) is 0 Å². The lowest BCUT2D eigenvalue weighted by molar-refractivity contribution is -0.145. The maximum absolute atomic E-state index is 12.1. The summed E-state index contributed by atoms with van der Waals surface area (Å²) in [6, 6.07) is 9.58. The second-order valence-corrected chi connectivity index (χ2v) is 5.68. The van der Waals surface area contributed by atoms with Gasteiger partial charge in [0.25, 0.3) is 0 Å². The number of likely N-dealkylation sites (tertiary alicyclic amines) is 1. The summed E-state index contributed by atoms with van der Waals surface area (Å²) in [6.07, 6.45) is 2.39. The number of benzene rings is 1. The molecule has 1 N–H and O–H groups in total. The lowest BCUT2D eigenvalue weighted by atomic mass is 10.1. The molecular formula is C18H24N2O4. The van der Waals surface area contributed by atoms with Gasteiger partial charge < -0.3 is 14.8 Å². The zero-order valence-corrected chi connectivity index (χ0v) is 13.9. The van der Waals surface area contributed by atoms with Crippen molar-refractivity contribution in [3.05, 3.63) is 48.6 Å². The van der Waals surface area contributed by atoms with Gasteiger partial charge in [-0.2, -0.15) is 0 Å². The number of methoxy groups -OCH3 is 1. The van der Waals surface area contributed by atoms with Gasteiger partial charge in [-0.15, -0.1) is 0 Å². The highest BCUT2D eigenvalue weighted by Gasteiger charge is 2.40.